The van der Waals surface area contributed by atoms with Crippen LogP contribution in [0.5, 0.6) is 0 Å². The van der Waals surface area contributed by atoms with Crippen LogP contribution in [-0.2, 0) is 6.54 Å². The molecule has 0 atom stereocenters. The van der Waals surface area contributed by atoms with Crippen molar-refractivity contribution in [3.63, 3.8) is 0 Å². The Morgan fingerprint density at radius 3 is 2.25 bits per heavy atom. The van der Waals surface area contributed by atoms with Crippen LogP contribution in [0.15, 0.2) is 12.4 Å². The molecule has 1 aromatic rings. The molecular formula is C15H29N5. The van der Waals surface area contributed by atoms with Gasteiger partial charge in [0, 0.05) is 44.1 Å². The van der Waals surface area contributed by atoms with E-state index in [-0.39, 0.29) is 0 Å². The summed E-state index contributed by atoms with van der Waals surface area (Å²) in [7, 11) is 4.18. The van der Waals surface area contributed by atoms with Crippen LogP contribution < -0.4 is 10.2 Å². The van der Waals surface area contributed by atoms with Crippen molar-refractivity contribution < 1.29 is 0 Å². The predicted octanol–water partition coefficient (Wildman–Crippen LogP) is 1.75. The molecular weight excluding hydrogens is 250 g/mol. The molecule has 0 bridgehead atoms. The van der Waals surface area contributed by atoms with Gasteiger partial charge in [0.1, 0.15) is 0 Å². The minimum Gasteiger partial charge on any atom is -0.340 e. The van der Waals surface area contributed by atoms with Gasteiger partial charge in [0.15, 0.2) is 0 Å². The van der Waals surface area contributed by atoms with Crippen LogP contribution in [0.3, 0.4) is 0 Å². The number of nitrogens with zero attached hydrogens (tertiary/aromatic N) is 4. The molecule has 0 spiro atoms. The largest absolute Gasteiger partial charge is 0.340 e. The normalized spacial score (nSPS) is 11.1. The molecule has 5 nitrogen and oxygen atoms in total. The maximum absolute atomic E-state index is 4.51. The molecule has 0 aliphatic heterocycles. The van der Waals surface area contributed by atoms with Crippen molar-refractivity contribution in [3.8, 4) is 0 Å². The summed E-state index contributed by atoms with van der Waals surface area (Å²) in [6.45, 7) is 9.22. The zero-order valence-corrected chi connectivity index (χ0v) is 13.4. The average Bonchev–Trinajstić information content (AvgIpc) is 2.44. The third kappa shape index (κ3) is 6.30. The van der Waals surface area contributed by atoms with Crippen LogP contribution in [0.1, 0.15) is 32.3 Å². The fraction of sp³-hybridized carbons (Fsp3) is 0.733. The molecule has 0 amide bonds. The van der Waals surface area contributed by atoms with Crippen molar-refractivity contribution in [1.82, 2.24) is 20.2 Å². The smallest absolute Gasteiger partial charge is 0.225 e. The maximum atomic E-state index is 4.51. The Bertz CT molecular complexity index is 350. The molecule has 20 heavy (non-hydrogen) atoms. The zero-order chi connectivity index (χ0) is 14.8. The summed E-state index contributed by atoms with van der Waals surface area (Å²) in [4.78, 5) is 13.5. The average molecular weight is 279 g/mol. The van der Waals surface area contributed by atoms with Gasteiger partial charge in [-0.3, -0.25) is 0 Å². The summed E-state index contributed by atoms with van der Waals surface area (Å²) < 4.78 is 0. The molecule has 5 heteroatoms. The van der Waals surface area contributed by atoms with E-state index in [1.54, 1.807) is 0 Å². The third-order valence-corrected chi connectivity index (χ3v) is 3.04. The Hall–Kier alpha value is -1.20. The number of likely N-dealkylation sites (N-methyl/N-ethyl adjacent to an activating group) is 1. The second kappa shape index (κ2) is 9.66. The highest BCUT2D eigenvalue weighted by atomic mass is 15.3. The van der Waals surface area contributed by atoms with Crippen molar-refractivity contribution in [1.29, 1.82) is 0 Å². The number of anilines is 1. The fourth-order valence-corrected chi connectivity index (χ4v) is 1.91. The molecule has 0 fully saturated rings. The minimum atomic E-state index is 0.841. The van der Waals surface area contributed by atoms with Gasteiger partial charge in [0.25, 0.3) is 0 Å². The van der Waals surface area contributed by atoms with Crippen LogP contribution in [-0.4, -0.2) is 55.1 Å². The topological polar surface area (TPSA) is 44.3 Å². The van der Waals surface area contributed by atoms with Crippen LogP contribution in [0.2, 0.25) is 0 Å². The summed E-state index contributed by atoms with van der Waals surface area (Å²) >= 11 is 0. The first-order valence-electron chi connectivity index (χ1n) is 7.58. The van der Waals surface area contributed by atoms with Gasteiger partial charge < -0.3 is 15.1 Å². The van der Waals surface area contributed by atoms with Crippen LogP contribution in [0.25, 0.3) is 0 Å². The molecule has 0 aromatic carbocycles. The predicted molar refractivity (Wildman–Crippen MR) is 85.1 cm³/mol. The Labute approximate surface area is 123 Å². The van der Waals surface area contributed by atoms with Gasteiger partial charge in [-0.25, -0.2) is 9.97 Å². The molecule has 1 aromatic heterocycles. The summed E-state index contributed by atoms with van der Waals surface area (Å²) in [5, 5.41) is 3.37. The second-order valence-electron chi connectivity index (χ2n) is 5.36. The van der Waals surface area contributed by atoms with E-state index < -0.39 is 0 Å². The van der Waals surface area contributed by atoms with Crippen molar-refractivity contribution in [2.24, 2.45) is 0 Å². The van der Waals surface area contributed by atoms with E-state index in [9.17, 15) is 0 Å². The Kier molecular flexibility index (Phi) is 8.14. The number of hydrogen-bond acceptors (Lipinski definition) is 5. The highest BCUT2D eigenvalue weighted by Crippen LogP contribution is 2.08. The first kappa shape index (κ1) is 16.9. The van der Waals surface area contributed by atoms with Crippen LogP contribution >= 0.6 is 0 Å². The third-order valence-electron chi connectivity index (χ3n) is 3.04. The minimum absolute atomic E-state index is 0.841. The molecule has 1 heterocycles. The van der Waals surface area contributed by atoms with E-state index in [1.165, 1.54) is 0 Å². The number of nitrogens with one attached hydrogen (secondary N) is 1. The Morgan fingerprint density at radius 2 is 1.70 bits per heavy atom. The van der Waals surface area contributed by atoms with Crippen LogP contribution in [0, 0.1) is 0 Å². The lowest BCUT2D eigenvalue weighted by Gasteiger charge is -2.23. The molecule has 0 saturated heterocycles. The Morgan fingerprint density at radius 1 is 1.00 bits per heavy atom. The van der Waals surface area contributed by atoms with Gasteiger partial charge in [-0.15, -0.1) is 0 Å². The molecule has 1 N–H and O–H groups in total. The first-order chi connectivity index (χ1) is 9.67. The quantitative estimate of drug-likeness (QED) is 0.661. The molecule has 0 aliphatic carbocycles. The monoisotopic (exact) mass is 279 g/mol. The van der Waals surface area contributed by atoms with E-state index in [1.807, 2.05) is 12.4 Å². The highest BCUT2D eigenvalue weighted by molar-refractivity contribution is 5.29. The Balaban J connectivity index is 2.57. The maximum Gasteiger partial charge on any atom is 0.225 e. The lowest BCUT2D eigenvalue weighted by molar-refractivity contribution is 0.411. The van der Waals surface area contributed by atoms with E-state index in [0.717, 1.165) is 57.1 Å². The van der Waals surface area contributed by atoms with Crippen molar-refractivity contribution in [2.75, 3.05) is 45.2 Å². The van der Waals surface area contributed by atoms with E-state index >= 15 is 0 Å². The van der Waals surface area contributed by atoms with E-state index in [4.69, 9.17) is 0 Å². The van der Waals surface area contributed by atoms with E-state index in [2.05, 4.69) is 53.0 Å². The van der Waals surface area contributed by atoms with Gasteiger partial charge in [-0.2, -0.15) is 0 Å². The number of aromatic nitrogens is 2. The van der Waals surface area contributed by atoms with Crippen LogP contribution in [0.4, 0.5) is 5.95 Å². The standard InChI is InChI=1S/C15H29N5/c1-5-7-16-11-14-12-17-15(18-13-14)20(8-6-2)10-9-19(3)4/h12-13,16H,5-11H2,1-4H3. The molecule has 1 rings (SSSR count). The lowest BCUT2D eigenvalue weighted by atomic mass is 10.3. The van der Waals surface area contributed by atoms with Gasteiger partial charge >= 0.3 is 0 Å². The van der Waals surface area contributed by atoms with Crippen molar-refractivity contribution in [2.45, 2.75) is 33.2 Å². The number of rotatable bonds is 10. The fourth-order valence-electron chi connectivity index (χ4n) is 1.91. The van der Waals surface area contributed by atoms with Gasteiger partial charge in [0.05, 0.1) is 0 Å². The molecule has 0 radical (unpaired) electrons. The van der Waals surface area contributed by atoms with Gasteiger partial charge in [-0.05, 0) is 33.5 Å². The molecule has 0 saturated carbocycles. The number of hydrogen-bond donors (Lipinski definition) is 1. The van der Waals surface area contributed by atoms with Gasteiger partial charge in [-0.1, -0.05) is 13.8 Å². The van der Waals surface area contributed by atoms with E-state index in [0.29, 0.717) is 0 Å². The highest BCUT2D eigenvalue weighted by Gasteiger charge is 2.08. The lowest BCUT2D eigenvalue weighted by Crippen LogP contribution is -2.33. The zero-order valence-electron chi connectivity index (χ0n) is 13.4. The summed E-state index contributed by atoms with van der Waals surface area (Å²) in [5.41, 5.74) is 1.14. The SMILES string of the molecule is CCCNCc1cnc(N(CCC)CCN(C)C)nc1. The molecule has 114 valence electrons. The van der Waals surface area contributed by atoms with Crippen molar-refractivity contribution in [3.05, 3.63) is 18.0 Å². The molecule has 0 aliphatic rings. The summed E-state index contributed by atoms with van der Waals surface area (Å²) in [6, 6.07) is 0. The summed E-state index contributed by atoms with van der Waals surface area (Å²) in [5.74, 6) is 0.841. The summed E-state index contributed by atoms with van der Waals surface area (Å²) in [6.07, 6.45) is 6.12. The van der Waals surface area contributed by atoms with Crippen molar-refractivity contribution >= 4 is 5.95 Å². The molecule has 0 unspecified atom stereocenters. The second-order valence-corrected chi connectivity index (χ2v) is 5.36. The first-order valence-corrected chi connectivity index (χ1v) is 7.58. The van der Waals surface area contributed by atoms with Gasteiger partial charge in [0.2, 0.25) is 5.95 Å².